The summed E-state index contributed by atoms with van der Waals surface area (Å²) in [7, 11) is 3.08. The number of phenolic OH excluding ortho intramolecular Hbond substituents is 1. The molecule has 112 valence electrons. The normalized spacial score (nSPS) is 11.8. The lowest BCUT2D eigenvalue weighted by Crippen LogP contribution is -2.10. The van der Waals surface area contributed by atoms with E-state index in [1.54, 1.807) is 30.3 Å². The lowest BCUT2D eigenvalue weighted by atomic mass is 10.1. The van der Waals surface area contributed by atoms with Gasteiger partial charge in [-0.3, -0.25) is 0 Å². The van der Waals surface area contributed by atoms with Crippen molar-refractivity contribution in [1.29, 1.82) is 0 Å². The SMILES string of the molecule is COc1cccc(OC)c1OCC(O)c1ccc(O)cc1. The van der Waals surface area contributed by atoms with Crippen LogP contribution < -0.4 is 14.2 Å². The third kappa shape index (κ3) is 3.58. The average Bonchev–Trinajstić information content (AvgIpc) is 2.52. The minimum absolute atomic E-state index is 0.0432. The van der Waals surface area contributed by atoms with Gasteiger partial charge in [0.1, 0.15) is 18.5 Å². The molecule has 5 heteroatoms. The Labute approximate surface area is 123 Å². The first kappa shape index (κ1) is 15.0. The number of phenols is 1. The maximum Gasteiger partial charge on any atom is 0.203 e. The van der Waals surface area contributed by atoms with Crippen LogP contribution in [0.4, 0.5) is 0 Å². The van der Waals surface area contributed by atoms with Gasteiger partial charge in [0.25, 0.3) is 0 Å². The Morgan fingerprint density at radius 3 is 2.05 bits per heavy atom. The van der Waals surface area contributed by atoms with Crippen molar-refractivity contribution in [2.75, 3.05) is 20.8 Å². The molecule has 2 rings (SSSR count). The molecule has 2 aromatic carbocycles. The number of rotatable bonds is 6. The van der Waals surface area contributed by atoms with E-state index < -0.39 is 6.10 Å². The molecule has 0 saturated carbocycles. The summed E-state index contributed by atoms with van der Waals surface area (Å²) in [6, 6.07) is 11.6. The molecule has 0 aliphatic heterocycles. The average molecular weight is 290 g/mol. The lowest BCUT2D eigenvalue weighted by Gasteiger charge is -2.17. The van der Waals surface area contributed by atoms with Crippen molar-refractivity contribution in [1.82, 2.24) is 0 Å². The van der Waals surface area contributed by atoms with Gasteiger partial charge in [-0.1, -0.05) is 18.2 Å². The van der Waals surface area contributed by atoms with Gasteiger partial charge in [-0.15, -0.1) is 0 Å². The third-order valence-corrected chi connectivity index (χ3v) is 3.05. The third-order valence-electron chi connectivity index (χ3n) is 3.05. The Hall–Kier alpha value is -2.40. The Morgan fingerprint density at radius 1 is 0.952 bits per heavy atom. The number of hydrogen-bond acceptors (Lipinski definition) is 5. The summed E-state index contributed by atoms with van der Waals surface area (Å²) in [4.78, 5) is 0. The first-order valence-corrected chi connectivity index (χ1v) is 6.46. The second-order valence-corrected chi connectivity index (χ2v) is 4.41. The zero-order chi connectivity index (χ0) is 15.2. The molecule has 1 unspecified atom stereocenters. The maximum atomic E-state index is 10.1. The van der Waals surface area contributed by atoms with Gasteiger partial charge in [-0.2, -0.15) is 0 Å². The van der Waals surface area contributed by atoms with E-state index in [2.05, 4.69) is 0 Å². The molecule has 0 fully saturated rings. The number of ether oxygens (including phenoxy) is 3. The predicted octanol–water partition coefficient (Wildman–Crippen LogP) is 2.52. The van der Waals surface area contributed by atoms with Gasteiger partial charge in [0.2, 0.25) is 5.75 Å². The topological polar surface area (TPSA) is 68.2 Å². The van der Waals surface area contributed by atoms with Crippen molar-refractivity contribution in [3.8, 4) is 23.0 Å². The number of aromatic hydroxyl groups is 1. The van der Waals surface area contributed by atoms with Crippen molar-refractivity contribution in [2.45, 2.75) is 6.10 Å². The standard InChI is InChI=1S/C16H18O5/c1-19-14-4-3-5-15(20-2)16(14)21-10-13(18)11-6-8-12(17)9-7-11/h3-9,13,17-18H,10H2,1-2H3. The summed E-state index contributed by atoms with van der Waals surface area (Å²) in [6.45, 7) is 0.0432. The molecule has 0 spiro atoms. The summed E-state index contributed by atoms with van der Waals surface area (Å²) in [5, 5.41) is 19.3. The maximum absolute atomic E-state index is 10.1. The van der Waals surface area contributed by atoms with E-state index >= 15 is 0 Å². The van der Waals surface area contributed by atoms with Gasteiger partial charge in [0.05, 0.1) is 14.2 Å². The monoisotopic (exact) mass is 290 g/mol. The second-order valence-electron chi connectivity index (χ2n) is 4.41. The molecule has 0 saturated heterocycles. The summed E-state index contributed by atoms with van der Waals surface area (Å²) in [5.41, 5.74) is 0.654. The minimum atomic E-state index is -0.819. The van der Waals surface area contributed by atoms with Crippen LogP contribution >= 0.6 is 0 Å². The van der Waals surface area contributed by atoms with Gasteiger partial charge in [-0.25, -0.2) is 0 Å². The Balaban J connectivity index is 2.10. The molecule has 0 aliphatic carbocycles. The molecule has 2 aromatic rings. The van der Waals surface area contributed by atoms with E-state index in [1.165, 1.54) is 26.4 Å². The minimum Gasteiger partial charge on any atom is -0.508 e. The molecule has 0 aromatic heterocycles. The molecule has 21 heavy (non-hydrogen) atoms. The van der Waals surface area contributed by atoms with Crippen molar-refractivity contribution in [3.63, 3.8) is 0 Å². The van der Waals surface area contributed by atoms with Gasteiger partial charge in [-0.05, 0) is 29.8 Å². The first-order chi connectivity index (χ1) is 10.2. The fourth-order valence-electron chi connectivity index (χ4n) is 1.91. The Kier molecular flexibility index (Phi) is 4.90. The smallest absolute Gasteiger partial charge is 0.203 e. The molecule has 0 amide bonds. The van der Waals surface area contributed by atoms with Crippen LogP contribution in [0.5, 0.6) is 23.0 Å². The molecular formula is C16H18O5. The number of aliphatic hydroxyl groups excluding tert-OH is 1. The second kappa shape index (κ2) is 6.85. The van der Waals surface area contributed by atoms with E-state index in [4.69, 9.17) is 14.2 Å². The lowest BCUT2D eigenvalue weighted by molar-refractivity contribution is 0.104. The van der Waals surface area contributed by atoms with Crippen LogP contribution in [0.15, 0.2) is 42.5 Å². The molecular weight excluding hydrogens is 272 g/mol. The fourth-order valence-corrected chi connectivity index (χ4v) is 1.91. The van der Waals surface area contributed by atoms with Crippen molar-refractivity contribution >= 4 is 0 Å². The van der Waals surface area contributed by atoms with Crippen LogP contribution in [0.25, 0.3) is 0 Å². The van der Waals surface area contributed by atoms with Gasteiger partial charge in [0, 0.05) is 0 Å². The predicted molar refractivity (Wildman–Crippen MR) is 78.1 cm³/mol. The zero-order valence-electron chi connectivity index (χ0n) is 11.9. The summed E-state index contributed by atoms with van der Waals surface area (Å²) < 4.78 is 16.1. The fraction of sp³-hybridized carbons (Fsp3) is 0.250. The number of methoxy groups -OCH3 is 2. The van der Waals surface area contributed by atoms with E-state index in [-0.39, 0.29) is 12.4 Å². The van der Waals surface area contributed by atoms with Crippen LogP contribution in [0, 0.1) is 0 Å². The van der Waals surface area contributed by atoms with Crippen molar-refractivity contribution < 1.29 is 24.4 Å². The Bertz CT molecular complexity index is 557. The number of benzene rings is 2. The highest BCUT2D eigenvalue weighted by Gasteiger charge is 2.14. The highest BCUT2D eigenvalue weighted by atomic mass is 16.5. The summed E-state index contributed by atoms with van der Waals surface area (Å²) in [6.07, 6.45) is -0.819. The first-order valence-electron chi connectivity index (χ1n) is 6.46. The number of hydrogen-bond donors (Lipinski definition) is 2. The summed E-state index contributed by atoms with van der Waals surface area (Å²) >= 11 is 0. The molecule has 0 bridgehead atoms. The highest BCUT2D eigenvalue weighted by molar-refractivity contribution is 5.51. The summed E-state index contributed by atoms with van der Waals surface area (Å²) in [5.74, 6) is 1.66. The molecule has 2 N–H and O–H groups in total. The van der Waals surface area contributed by atoms with E-state index in [0.29, 0.717) is 22.8 Å². The van der Waals surface area contributed by atoms with Crippen molar-refractivity contribution in [2.24, 2.45) is 0 Å². The largest absolute Gasteiger partial charge is 0.508 e. The van der Waals surface area contributed by atoms with Gasteiger partial charge in [0.15, 0.2) is 11.5 Å². The van der Waals surface area contributed by atoms with Crippen LogP contribution in [0.1, 0.15) is 11.7 Å². The van der Waals surface area contributed by atoms with E-state index in [0.717, 1.165) is 0 Å². The number of aliphatic hydroxyl groups is 1. The van der Waals surface area contributed by atoms with E-state index in [1.807, 2.05) is 0 Å². The van der Waals surface area contributed by atoms with Crippen LogP contribution in [-0.4, -0.2) is 31.0 Å². The Morgan fingerprint density at radius 2 is 1.52 bits per heavy atom. The number of para-hydroxylation sites is 1. The zero-order valence-corrected chi connectivity index (χ0v) is 11.9. The molecule has 0 aliphatic rings. The molecule has 0 radical (unpaired) electrons. The van der Waals surface area contributed by atoms with Crippen LogP contribution in [-0.2, 0) is 0 Å². The van der Waals surface area contributed by atoms with Gasteiger partial charge >= 0.3 is 0 Å². The van der Waals surface area contributed by atoms with Gasteiger partial charge < -0.3 is 24.4 Å². The molecule has 5 nitrogen and oxygen atoms in total. The molecule has 1 atom stereocenters. The van der Waals surface area contributed by atoms with Crippen LogP contribution in [0.2, 0.25) is 0 Å². The van der Waals surface area contributed by atoms with Crippen LogP contribution in [0.3, 0.4) is 0 Å². The highest BCUT2D eigenvalue weighted by Crippen LogP contribution is 2.37. The molecule has 0 heterocycles. The van der Waals surface area contributed by atoms with E-state index in [9.17, 15) is 10.2 Å². The van der Waals surface area contributed by atoms with Crippen molar-refractivity contribution in [3.05, 3.63) is 48.0 Å². The quantitative estimate of drug-likeness (QED) is 0.855.